The molecular formula is C16H31NO3. The van der Waals surface area contributed by atoms with Gasteiger partial charge in [0.15, 0.2) is 0 Å². The second kappa shape index (κ2) is 10.7. The topological polar surface area (TPSA) is 60.4 Å². The first kappa shape index (κ1) is 19.0. The SMILES string of the molecule is CCCCC/C=C(\O)C[N+](CCC)(CCC)CC(=O)[O-]. The fourth-order valence-electron chi connectivity index (χ4n) is 2.78. The Labute approximate surface area is 123 Å². The lowest BCUT2D eigenvalue weighted by Gasteiger charge is -2.38. The first-order valence-corrected chi connectivity index (χ1v) is 7.92. The molecule has 0 unspecified atom stereocenters. The van der Waals surface area contributed by atoms with Crippen molar-refractivity contribution in [2.75, 3.05) is 26.2 Å². The molecule has 0 aromatic heterocycles. The molecule has 4 heteroatoms. The molecule has 0 aliphatic heterocycles. The molecule has 0 spiro atoms. The van der Waals surface area contributed by atoms with Crippen molar-refractivity contribution in [2.45, 2.75) is 59.3 Å². The maximum atomic E-state index is 11.0. The van der Waals surface area contributed by atoms with Gasteiger partial charge in [0.05, 0.1) is 19.1 Å². The average molecular weight is 285 g/mol. The highest BCUT2D eigenvalue weighted by atomic mass is 16.4. The summed E-state index contributed by atoms with van der Waals surface area (Å²) >= 11 is 0. The number of rotatable bonds is 12. The molecule has 0 aliphatic rings. The van der Waals surface area contributed by atoms with Gasteiger partial charge < -0.3 is 19.5 Å². The molecular weight excluding hydrogens is 254 g/mol. The van der Waals surface area contributed by atoms with Crippen molar-refractivity contribution in [3.63, 3.8) is 0 Å². The van der Waals surface area contributed by atoms with Crippen LogP contribution in [-0.2, 0) is 4.79 Å². The third-order valence-corrected chi connectivity index (χ3v) is 3.55. The maximum Gasteiger partial charge on any atom is 0.143 e. The number of carboxylic acid groups (broad SMARTS) is 1. The largest absolute Gasteiger partial charge is 0.544 e. The summed E-state index contributed by atoms with van der Waals surface area (Å²) in [7, 11) is 0. The minimum atomic E-state index is -1.04. The van der Waals surface area contributed by atoms with Crippen LogP contribution in [0.15, 0.2) is 11.8 Å². The predicted octanol–water partition coefficient (Wildman–Crippen LogP) is 2.40. The Kier molecular flexibility index (Phi) is 10.2. The fourth-order valence-corrected chi connectivity index (χ4v) is 2.78. The molecule has 0 heterocycles. The Morgan fingerprint density at radius 3 is 2.10 bits per heavy atom. The predicted molar refractivity (Wildman–Crippen MR) is 80.2 cm³/mol. The number of carbonyl (C=O) groups excluding carboxylic acids is 1. The zero-order valence-corrected chi connectivity index (χ0v) is 13.4. The van der Waals surface area contributed by atoms with Gasteiger partial charge >= 0.3 is 0 Å². The lowest BCUT2D eigenvalue weighted by Crippen LogP contribution is -2.56. The minimum absolute atomic E-state index is 0.0193. The van der Waals surface area contributed by atoms with Crippen molar-refractivity contribution >= 4 is 5.97 Å². The Bertz CT molecular complexity index is 294. The molecule has 4 nitrogen and oxygen atoms in total. The van der Waals surface area contributed by atoms with Crippen LogP contribution in [0.4, 0.5) is 0 Å². The van der Waals surface area contributed by atoms with E-state index >= 15 is 0 Å². The molecule has 0 saturated heterocycles. The summed E-state index contributed by atoms with van der Waals surface area (Å²) in [6.07, 6.45) is 7.90. The number of carbonyl (C=O) groups is 1. The third kappa shape index (κ3) is 8.20. The molecule has 0 atom stereocenters. The first-order chi connectivity index (χ1) is 9.49. The quantitative estimate of drug-likeness (QED) is 0.340. The van der Waals surface area contributed by atoms with Gasteiger partial charge in [-0.05, 0) is 31.8 Å². The van der Waals surface area contributed by atoms with Gasteiger partial charge in [-0.3, -0.25) is 0 Å². The molecule has 0 aromatic carbocycles. The van der Waals surface area contributed by atoms with Crippen LogP contribution in [0.3, 0.4) is 0 Å². The van der Waals surface area contributed by atoms with Crippen LogP contribution in [0.2, 0.25) is 0 Å². The van der Waals surface area contributed by atoms with E-state index in [1.807, 2.05) is 19.9 Å². The number of unbranched alkanes of at least 4 members (excludes halogenated alkanes) is 3. The minimum Gasteiger partial charge on any atom is -0.544 e. The van der Waals surface area contributed by atoms with E-state index < -0.39 is 5.97 Å². The summed E-state index contributed by atoms with van der Waals surface area (Å²) < 4.78 is 0.394. The van der Waals surface area contributed by atoms with Gasteiger partial charge in [-0.15, -0.1) is 0 Å². The molecule has 0 aliphatic carbocycles. The zero-order chi connectivity index (χ0) is 15.4. The summed E-state index contributed by atoms with van der Waals surface area (Å²) in [4.78, 5) is 11.0. The van der Waals surface area contributed by atoms with Gasteiger partial charge in [0.25, 0.3) is 0 Å². The van der Waals surface area contributed by atoms with Crippen molar-refractivity contribution in [1.82, 2.24) is 0 Å². The van der Waals surface area contributed by atoms with E-state index in [2.05, 4.69) is 6.92 Å². The molecule has 0 bridgehead atoms. The first-order valence-electron chi connectivity index (χ1n) is 7.92. The average Bonchev–Trinajstić information content (AvgIpc) is 2.34. The molecule has 0 aromatic rings. The molecule has 0 saturated carbocycles. The molecule has 20 heavy (non-hydrogen) atoms. The van der Waals surface area contributed by atoms with Gasteiger partial charge in [-0.25, -0.2) is 0 Å². The normalized spacial score (nSPS) is 12.7. The van der Waals surface area contributed by atoms with Crippen LogP contribution >= 0.6 is 0 Å². The number of aliphatic hydroxyl groups excluding tert-OH is 1. The van der Waals surface area contributed by atoms with Crippen LogP contribution < -0.4 is 5.11 Å². The number of hydrogen-bond donors (Lipinski definition) is 1. The Hall–Kier alpha value is -1.03. The van der Waals surface area contributed by atoms with Gasteiger partial charge in [0.1, 0.15) is 18.8 Å². The van der Waals surface area contributed by atoms with Crippen LogP contribution in [-0.4, -0.2) is 41.7 Å². The van der Waals surface area contributed by atoms with Gasteiger partial charge in [0, 0.05) is 0 Å². The van der Waals surface area contributed by atoms with Gasteiger partial charge in [-0.1, -0.05) is 33.6 Å². The molecule has 1 N–H and O–H groups in total. The van der Waals surface area contributed by atoms with Crippen molar-refractivity contribution in [1.29, 1.82) is 0 Å². The van der Waals surface area contributed by atoms with E-state index in [1.54, 1.807) is 0 Å². The Morgan fingerprint density at radius 2 is 1.65 bits per heavy atom. The van der Waals surface area contributed by atoms with Crippen LogP contribution in [0.25, 0.3) is 0 Å². The second-order valence-corrected chi connectivity index (χ2v) is 5.67. The van der Waals surface area contributed by atoms with Crippen molar-refractivity contribution < 1.29 is 19.5 Å². The van der Waals surface area contributed by atoms with Crippen molar-refractivity contribution in [3.05, 3.63) is 11.8 Å². The summed E-state index contributed by atoms with van der Waals surface area (Å²) in [5, 5.41) is 21.1. The monoisotopic (exact) mass is 285 g/mol. The van der Waals surface area contributed by atoms with Crippen molar-refractivity contribution in [3.8, 4) is 0 Å². The standard InChI is InChI=1S/C16H31NO3/c1-4-7-8-9-10-15(18)13-17(11-5-2,12-6-3)14-16(19)20/h10H,4-9,11-14H2,1-3H3,(H-,18,19,20)/b15-10-. The van der Waals surface area contributed by atoms with E-state index in [0.29, 0.717) is 16.8 Å². The van der Waals surface area contributed by atoms with Crippen LogP contribution in [0.1, 0.15) is 59.3 Å². The second-order valence-electron chi connectivity index (χ2n) is 5.67. The molecule has 0 radical (unpaired) electrons. The van der Waals surface area contributed by atoms with E-state index in [0.717, 1.165) is 51.6 Å². The summed E-state index contributed by atoms with van der Waals surface area (Å²) in [6.45, 7) is 8.13. The molecule has 118 valence electrons. The van der Waals surface area contributed by atoms with Gasteiger partial charge in [-0.2, -0.15) is 0 Å². The smallest absolute Gasteiger partial charge is 0.143 e. The molecule has 0 fully saturated rings. The number of quaternary nitrogens is 1. The Balaban J connectivity index is 4.70. The number of hydrogen-bond acceptors (Lipinski definition) is 3. The lowest BCUT2D eigenvalue weighted by molar-refractivity contribution is -0.919. The summed E-state index contributed by atoms with van der Waals surface area (Å²) in [5.74, 6) is -0.713. The van der Waals surface area contributed by atoms with E-state index in [4.69, 9.17) is 0 Å². The fraction of sp³-hybridized carbons (Fsp3) is 0.812. The van der Waals surface area contributed by atoms with Gasteiger partial charge in [0.2, 0.25) is 0 Å². The number of carboxylic acids is 1. The van der Waals surface area contributed by atoms with Crippen LogP contribution in [0, 0.1) is 0 Å². The lowest BCUT2D eigenvalue weighted by atomic mass is 10.1. The van der Waals surface area contributed by atoms with E-state index in [1.165, 1.54) is 0 Å². The maximum absolute atomic E-state index is 11.0. The molecule has 0 amide bonds. The highest BCUT2D eigenvalue weighted by molar-refractivity contribution is 5.65. The molecule has 0 rings (SSSR count). The van der Waals surface area contributed by atoms with Crippen molar-refractivity contribution in [2.24, 2.45) is 0 Å². The summed E-state index contributed by atoms with van der Waals surface area (Å²) in [5.41, 5.74) is 0. The number of aliphatic carboxylic acids is 1. The van der Waals surface area contributed by atoms with E-state index in [-0.39, 0.29) is 6.54 Å². The highest BCUT2D eigenvalue weighted by Crippen LogP contribution is 2.14. The van der Waals surface area contributed by atoms with Crippen LogP contribution in [0.5, 0.6) is 0 Å². The Morgan fingerprint density at radius 1 is 1.05 bits per heavy atom. The third-order valence-electron chi connectivity index (χ3n) is 3.55. The number of aliphatic hydroxyl groups is 1. The highest BCUT2D eigenvalue weighted by Gasteiger charge is 2.27. The number of allylic oxidation sites excluding steroid dienone is 1. The summed E-state index contributed by atoms with van der Waals surface area (Å²) in [6, 6.07) is 0. The zero-order valence-electron chi connectivity index (χ0n) is 13.4. The van der Waals surface area contributed by atoms with E-state index in [9.17, 15) is 15.0 Å². The number of nitrogens with zero attached hydrogens (tertiary/aromatic N) is 1.